The highest BCUT2D eigenvalue weighted by molar-refractivity contribution is 5.85. The molecular weight excluding hydrogens is 401 g/mol. The number of aryl methyl sites for hydroxylation is 1. The van der Waals surface area contributed by atoms with Crippen molar-refractivity contribution in [1.82, 2.24) is 24.6 Å². The third-order valence-electron chi connectivity index (χ3n) is 7.05. The monoisotopic (exact) mass is 431 g/mol. The smallest absolute Gasteiger partial charge is 0.123 e. The van der Waals surface area contributed by atoms with Gasteiger partial charge in [-0.1, -0.05) is 12.1 Å². The molecule has 1 saturated carbocycles. The van der Waals surface area contributed by atoms with Gasteiger partial charge in [-0.15, -0.1) is 10.2 Å². The lowest BCUT2D eigenvalue weighted by Gasteiger charge is -2.35. The standard InChI is InChI=1S/C26H30FN5/c1-31(16-20-3-2-4-22(27)13-20)23-9-6-19(7-10-23)5-8-21-15-28-26-12-11-24(14-25(21)26)32-17-29-30-18-32/h2-4,11-15,17-19,23,28H,5-10,16H2,1H3. The average molecular weight is 432 g/mol. The number of aromatic nitrogens is 4. The number of hydrogen-bond donors (Lipinski definition) is 1. The van der Waals surface area contributed by atoms with Gasteiger partial charge in [-0.3, -0.25) is 9.47 Å². The van der Waals surface area contributed by atoms with E-state index in [0.29, 0.717) is 6.04 Å². The Balaban J connectivity index is 1.16. The number of nitrogens with one attached hydrogen (secondary N) is 1. The minimum absolute atomic E-state index is 0.147. The Morgan fingerprint density at radius 2 is 1.88 bits per heavy atom. The Hall–Kier alpha value is -2.99. The summed E-state index contributed by atoms with van der Waals surface area (Å²) in [5.74, 6) is 0.630. The maximum absolute atomic E-state index is 13.5. The molecule has 1 aliphatic rings. The molecule has 2 heterocycles. The number of benzene rings is 2. The zero-order chi connectivity index (χ0) is 21.9. The summed E-state index contributed by atoms with van der Waals surface area (Å²) in [5, 5.41) is 9.13. The molecule has 5 nitrogen and oxygen atoms in total. The first-order chi connectivity index (χ1) is 15.7. The summed E-state index contributed by atoms with van der Waals surface area (Å²) < 4.78 is 15.4. The van der Waals surface area contributed by atoms with E-state index in [2.05, 4.69) is 51.5 Å². The van der Waals surface area contributed by atoms with Crippen molar-refractivity contribution in [2.45, 2.75) is 51.1 Å². The lowest BCUT2D eigenvalue weighted by molar-refractivity contribution is 0.156. The van der Waals surface area contributed by atoms with E-state index in [1.54, 1.807) is 24.8 Å². The van der Waals surface area contributed by atoms with Crippen LogP contribution in [0.4, 0.5) is 4.39 Å². The van der Waals surface area contributed by atoms with E-state index in [9.17, 15) is 4.39 Å². The van der Waals surface area contributed by atoms with E-state index < -0.39 is 0 Å². The molecule has 1 fully saturated rings. The van der Waals surface area contributed by atoms with Crippen LogP contribution in [-0.4, -0.2) is 37.7 Å². The molecule has 0 spiro atoms. The molecule has 1 N–H and O–H groups in total. The van der Waals surface area contributed by atoms with Gasteiger partial charge in [0, 0.05) is 35.4 Å². The van der Waals surface area contributed by atoms with Crippen LogP contribution in [0.15, 0.2) is 61.3 Å². The average Bonchev–Trinajstić information content (AvgIpc) is 3.48. The summed E-state index contributed by atoms with van der Waals surface area (Å²) in [6.45, 7) is 0.817. The van der Waals surface area contributed by atoms with Crippen LogP contribution in [0.1, 0.15) is 43.2 Å². The van der Waals surface area contributed by atoms with Crippen LogP contribution >= 0.6 is 0 Å². The van der Waals surface area contributed by atoms with Gasteiger partial charge in [0.05, 0.1) is 0 Å². The largest absolute Gasteiger partial charge is 0.361 e. The van der Waals surface area contributed by atoms with Gasteiger partial charge in [-0.05, 0) is 92.9 Å². The van der Waals surface area contributed by atoms with Crippen LogP contribution in [-0.2, 0) is 13.0 Å². The molecule has 32 heavy (non-hydrogen) atoms. The summed E-state index contributed by atoms with van der Waals surface area (Å²) in [6.07, 6.45) is 12.9. The van der Waals surface area contributed by atoms with Crippen molar-refractivity contribution in [2.24, 2.45) is 5.92 Å². The van der Waals surface area contributed by atoms with Crippen molar-refractivity contribution in [2.75, 3.05) is 7.05 Å². The summed E-state index contributed by atoms with van der Waals surface area (Å²) >= 11 is 0. The van der Waals surface area contributed by atoms with Crippen molar-refractivity contribution in [3.05, 3.63) is 78.3 Å². The number of nitrogens with zero attached hydrogens (tertiary/aromatic N) is 4. The van der Waals surface area contributed by atoms with Gasteiger partial charge in [-0.2, -0.15) is 0 Å². The summed E-state index contributed by atoms with van der Waals surface area (Å²) in [7, 11) is 2.18. The Labute approximate surface area is 188 Å². The van der Waals surface area contributed by atoms with E-state index >= 15 is 0 Å². The van der Waals surface area contributed by atoms with Crippen molar-refractivity contribution < 1.29 is 4.39 Å². The van der Waals surface area contributed by atoms with E-state index in [0.717, 1.165) is 30.1 Å². The van der Waals surface area contributed by atoms with Crippen molar-refractivity contribution in [3.63, 3.8) is 0 Å². The fourth-order valence-electron chi connectivity index (χ4n) is 5.15. The minimum atomic E-state index is -0.147. The van der Waals surface area contributed by atoms with E-state index in [1.807, 2.05) is 10.6 Å². The number of aromatic amines is 1. The van der Waals surface area contributed by atoms with Gasteiger partial charge in [-0.25, -0.2) is 4.39 Å². The Bertz CT molecular complexity index is 1160. The summed E-state index contributed by atoms with van der Waals surface area (Å²) in [4.78, 5) is 5.82. The van der Waals surface area contributed by atoms with E-state index in [4.69, 9.17) is 0 Å². The lowest BCUT2D eigenvalue weighted by atomic mass is 9.82. The number of hydrogen-bond acceptors (Lipinski definition) is 3. The topological polar surface area (TPSA) is 49.7 Å². The van der Waals surface area contributed by atoms with Crippen LogP contribution < -0.4 is 0 Å². The molecule has 0 saturated heterocycles. The first kappa shape index (κ1) is 20.9. The zero-order valence-electron chi connectivity index (χ0n) is 18.5. The second-order valence-electron chi connectivity index (χ2n) is 9.17. The third-order valence-corrected chi connectivity index (χ3v) is 7.05. The Kier molecular flexibility index (Phi) is 6.04. The molecule has 2 aromatic heterocycles. The fourth-order valence-corrected chi connectivity index (χ4v) is 5.15. The molecule has 4 aromatic rings. The van der Waals surface area contributed by atoms with Crippen LogP contribution in [0.3, 0.4) is 0 Å². The fraction of sp³-hybridized carbons (Fsp3) is 0.385. The second kappa shape index (κ2) is 9.25. The highest BCUT2D eigenvalue weighted by Gasteiger charge is 2.24. The van der Waals surface area contributed by atoms with Crippen molar-refractivity contribution in [1.29, 1.82) is 0 Å². The molecule has 0 radical (unpaired) electrons. The van der Waals surface area contributed by atoms with Crippen LogP contribution in [0.25, 0.3) is 16.6 Å². The quantitative estimate of drug-likeness (QED) is 0.420. The maximum Gasteiger partial charge on any atom is 0.123 e. The van der Waals surface area contributed by atoms with Crippen LogP contribution in [0.2, 0.25) is 0 Å². The van der Waals surface area contributed by atoms with Crippen LogP contribution in [0, 0.1) is 11.7 Å². The summed E-state index contributed by atoms with van der Waals surface area (Å²) in [5.41, 5.74) is 4.71. The van der Waals surface area contributed by atoms with E-state index in [-0.39, 0.29) is 5.82 Å². The molecule has 0 atom stereocenters. The SMILES string of the molecule is CN(Cc1cccc(F)c1)C1CCC(CCc2c[nH]c3ccc(-n4cnnc4)cc23)CC1. The molecule has 0 aliphatic heterocycles. The normalized spacial score (nSPS) is 19.1. The highest BCUT2D eigenvalue weighted by Crippen LogP contribution is 2.32. The third kappa shape index (κ3) is 4.60. The van der Waals surface area contributed by atoms with Crippen molar-refractivity contribution >= 4 is 10.9 Å². The lowest BCUT2D eigenvalue weighted by Crippen LogP contribution is -2.34. The number of H-pyrrole nitrogens is 1. The predicted octanol–water partition coefficient (Wildman–Crippen LogP) is 5.51. The second-order valence-corrected chi connectivity index (χ2v) is 9.17. The molecule has 2 aromatic carbocycles. The van der Waals surface area contributed by atoms with Gasteiger partial charge >= 0.3 is 0 Å². The van der Waals surface area contributed by atoms with Gasteiger partial charge < -0.3 is 4.98 Å². The highest BCUT2D eigenvalue weighted by atomic mass is 19.1. The first-order valence-corrected chi connectivity index (χ1v) is 11.6. The van der Waals surface area contributed by atoms with Crippen LogP contribution in [0.5, 0.6) is 0 Å². The summed E-state index contributed by atoms with van der Waals surface area (Å²) in [6, 6.07) is 14.0. The van der Waals surface area contributed by atoms with Gasteiger partial charge in [0.15, 0.2) is 0 Å². The van der Waals surface area contributed by atoms with Gasteiger partial charge in [0.2, 0.25) is 0 Å². The first-order valence-electron chi connectivity index (χ1n) is 11.6. The molecule has 0 bridgehead atoms. The molecule has 166 valence electrons. The molecule has 0 unspecified atom stereocenters. The Morgan fingerprint density at radius 3 is 2.66 bits per heavy atom. The predicted molar refractivity (Wildman–Crippen MR) is 125 cm³/mol. The number of halogens is 1. The van der Waals surface area contributed by atoms with Gasteiger partial charge in [0.1, 0.15) is 18.5 Å². The maximum atomic E-state index is 13.5. The van der Waals surface area contributed by atoms with Gasteiger partial charge in [0.25, 0.3) is 0 Å². The van der Waals surface area contributed by atoms with E-state index in [1.165, 1.54) is 54.6 Å². The zero-order valence-corrected chi connectivity index (χ0v) is 18.5. The molecule has 5 rings (SSSR count). The molecule has 1 aliphatic carbocycles. The molecule has 6 heteroatoms. The number of fused-ring (bicyclic) bond motifs is 1. The van der Waals surface area contributed by atoms with Crippen molar-refractivity contribution in [3.8, 4) is 5.69 Å². The molecular formula is C26H30FN5. The Morgan fingerprint density at radius 1 is 1.06 bits per heavy atom. The molecule has 0 amide bonds. The minimum Gasteiger partial charge on any atom is -0.361 e. The number of rotatable bonds is 7.